The molecule has 0 unspecified atom stereocenters. The summed E-state index contributed by atoms with van der Waals surface area (Å²) in [4.78, 5) is 8.20. The molecule has 0 spiro atoms. The lowest BCUT2D eigenvalue weighted by Crippen LogP contribution is -1.81. The van der Waals surface area contributed by atoms with Crippen LogP contribution in [0, 0.1) is 11.8 Å². The van der Waals surface area contributed by atoms with Gasteiger partial charge >= 0.3 is 0 Å². The highest BCUT2D eigenvalue weighted by molar-refractivity contribution is 7.10. The number of hydrogen-bond acceptors (Lipinski definition) is 5. The Morgan fingerprint density at radius 2 is 2.31 bits per heavy atom. The third-order valence-corrected chi connectivity index (χ3v) is 2.45. The first-order valence-corrected chi connectivity index (χ1v) is 5.32. The van der Waals surface area contributed by atoms with Crippen molar-refractivity contribution >= 4 is 17.6 Å². The summed E-state index contributed by atoms with van der Waals surface area (Å²) in [5.74, 6) is 5.79. The molecule has 16 heavy (non-hydrogen) atoms. The lowest BCUT2D eigenvalue weighted by molar-refractivity contribution is 0.321. The number of oxime groups is 1. The number of nitrogens with zero attached hydrogens (tertiary/aromatic N) is 3. The Morgan fingerprint density at radius 1 is 1.38 bits per heavy atom. The van der Waals surface area contributed by atoms with Crippen molar-refractivity contribution < 1.29 is 5.21 Å². The van der Waals surface area contributed by atoms with Crippen LogP contribution in [0.4, 0.5) is 0 Å². The van der Waals surface area contributed by atoms with Crippen molar-refractivity contribution in [2.75, 3.05) is 0 Å². The van der Waals surface area contributed by atoms with Crippen LogP contribution < -0.4 is 0 Å². The Bertz CT molecular complexity index is 551. The maximum Gasteiger partial charge on any atom is 0.167 e. The fraction of sp³-hybridized carbons (Fsp3) is 0. The Balaban J connectivity index is 2.18. The largest absolute Gasteiger partial charge is 0.411 e. The van der Waals surface area contributed by atoms with E-state index < -0.39 is 0 Å². The molecule has 0 saturated carbocycles. The molecule has 5 heteroatoms. The molecule has 1 N–H and O–H groups in total. The molecule has 2 rings (SSSR count). The van der Waals surface area contributed by atoms with Gasteiger partial charge in [-0.15, -0.1) is 11.3 Å². The molecule has 0 bridgehead atoms. The van der Waals surface area contributed by atoms with Gasteiger partial charge in [0.25, 0.3) is 0 Å². The van der Waals surface area contributed by atoms with Gasteiger partial charge in [-0.05, 0) is 24.0 Å². The van der Waals surface area contributed by atoms with Crippen LogP contribution in [0.1, 0.15) is 16.4 Å². The third kappa shape index (κ3) is 2.65. The van der Waals surface area contributed by atoms with Crippen LogP contribution in [0.3, 0.4) is 0 Å². The summed E-state index contributed by atoms with van der Waals surface area (Å²) in [7, 11) is 0. The summed E-state index contributed by atoms with van der Waals surface area (Å²) in [6.45, 7) is 0. The Labute approximate surface area is 96.3 Å². The molecule has 0 aliphatic heterocycles. The van der Waals surface area contributed by atoms with E-state index in [4.69, 9.17) is 5.21 Å². The first-order chi connectivity index (χ1) is 7.88. The van der Waals surface area contributed by atoms with Crippen LogP contribution >= 0.6 is 11.3 Å². The van der Waals surface area contributed by atoms with Gasteiger partial charge in [-0.1, -0.05) is 11.2 Å². The summed E-state index contributed by atoms with van der Waals surface area (Å²) in [6, 6.07) is 5.55. The van der Waals surface area contributed by atoms with E-state index >= 15 is 0 Å². The second-order valence-corrected chi connectivity index (χ2v) is 3.65. The molecule has 0 saturated heterocycles. The molecular formula is C11H7N3OS. The molecule has 0 atom stereocenters. The van der Waals surface area contributed by atoms with Crippen molar-refractivity contribution in [3.63, 3.8) is 0 Å². The van der Waals surface area contributed by atoms with E-state index in [0.29, 0.717) is 16.4 Å². The molecule has 0 aliphatic rings. The van der Waals surface area contributed by atoms with Crippen molar-refractivity contribution in [3.05, 3.63) is 46.2 Å². The van der Waals surface area contributed by atoms with Gasteiger partial charge < -0.3 is 5.21 Å². The van der Waals surface area contributed by atoms with E-state index in [0.717, 1.165) is 0 Å². The summed E-state index contributed by atoms with van der Waals surface area (Å²) in [5, 5.41) is 13.7. The number of aromatic nitrogens is 2. The molecule has 78 valence electrons. The summed E-state index contributed by atoms with van der Waals surface area (Å²) in [6.07, 6.45) is 2.96. The van der Waals surface area contributed by atoms with Gasteiger partial charge in [0, 0.05) is 11.6 Å². The van der Waals surface area contributed by atoms with Crippen molar-refractivity contribution in [1.82, 2.24) is 9.97 Å². The monoisotopic (exact) mass is 229 g/mol. The smallest absolute Gasteiger partial charge is 0.167 e. The highest BCUT2D eigenvalue weighted by Crippen LogP contribution is 2.06. The lowest BCUT2D eigenvalue weighted by atomic mass is 10.3. The predicted octanol–water partition coefficient (Wildman–Crippen LogP) is 1.75. The van der Waals surface area contributed by atoms with E-state index in [-0.39, 0.29) is 0 Å². The standard InChI is InChI=1S/C11H7N3OS/c15-13-7-10-8-16-11(14-10)5-4-9-3-1-2-6-12-9/h1-3,6-8,15H/b13-7+. The second-order valence-electron chi connectivity index (χ2n) is 2.79. The third-order valence-electron chi connectivity index (χ3n) is 1.67. The molecule has 0 aromatic carbocycles. The van der Waals surface area contributed by atoms with Crippen molar-refractivity contribution in [3.8, 4) is 11.8 Å². The van der Waals surface area contributed by atoms with Crippen molar-refractivity contribution in [2.24, 2.45) is 5.16 Å². The lowest BCUT2D eigenvalue weighted by Gasteiger charge is -1.84. The molecular weight excluding hydrogens is 222 g/mol. The quantitative estimate of drug-likeness (QED) is 0.351. The van der Waals surface area contributed by atoms with E-state index in [9.17, 15) is 0 Å². The minimum Gasteiger partial charge on any atom is -0.411 e. The summed E-state index contributed by atoms with van der Waals surface area (Å²) in [5.41, 5.74) is 1.30. The average Bonchev–Trinajstić information content (AvgIpc) is 2.76. The Kier molecular flexibility index (Phi) is 3.26. The molecule has 2 heterocycles. The number of rotatable bonds is 1. The zero-order valence-corrected chi connectivity index (χ0v) is 8.98. The SMILES string of the molecule is O/N=C/c1csc(C#Cc2ccccn2)n1. The maximum atomic E-state index is 8.32. The first kappa shape index (κ1) is 10.3. The van der Waals surface area contributed by atoms with Crippen LogP contribution in [0.15, 0.2) is 34.9 Å². The van der Waals surface area contributed by atoms with Gasteiger partial charge in [-0.25, -0.2) is 9.97 Å². The van der Waals surface area contributed by atoms with E-state index in [1.165, 1.54) is 17.6 Å². The minimum atomic E-state index is 0.595. The fourth-order valence-corrected chi connectivity index (χ4v) is 1.63. The normalized spacial score (nSPS) is 10.0. The average molecular weight is 229 g/mol. The van der Waals surface area contributed by atoms with E-state index in [1.807, 2.05) is 18.2 Å². The molecule has 0 amide bonds. The van der Waals surface area contributed by atoms with Gasteiger partial charge in [-0.3, -0.25) is 0 Å². The van der Waals surface area contributed by atoms with Gasteiger partial charge in [0.05, 0.1) is 11.9 Å². The summed E-state index contributed by atoms with van der Waals surface area (Å²) < 4.78 is 0. The highest BCUT2D eigenvalue weighted by Gasteiger charge is 1.95. The van der Waals surface area contributed by atoms with Gasteiger partial charge in [-0.2, -0.15) is 0 Å². The minimum absolute atomic E-state index is 0.595. The van der Waals surface area contributed by atoms with E-state index in [1.54, 1.807) is 11.6 Å². The fourth-order valence-electron chi connectivity index (χ4n) is 1.02. The van der Waals surface area contributed by atoms with Gasteiger partial charge in [0.2, 0.25) is 0 Å². The van der Waals surface area contributed by atoms with Gasteiger partial charge in [0.15, 0.2) is 5.01 Å². The molecule has 0 radical (unpaired) electrons. The molecule has 4 nitrogen and oxygen atoms in total. The second kappa shape index (κ2) is 5.05. The van der Waals surface area contributed by atoms with E-state index in [2.05, 4.69) is 27.0 Å². The number of thiazole rings is 1. The molecule has 2 aromatic heterocycles. The molecule has 0 aliphatic carbocycles. The van der Waals surface area contributed by atoms with Crippen molar-refractivity contribution in [1.29, 1.82) is 0 Å². The van der Waals surface area contributed by atoms with Crippen LogP contribution in [-0.2, 0) is 0 Å². The van der Waals surface area contributed by atoms with Crippen LogP contribution in [-0.4, -0.2) is 21.4 Å². The maximum absolute atomic E-state index is 8.32. The number of hydrogen-bond donors (Lipinski definition) is 1. The van der Waals surface area contributed by atoms with Crippen LogP contribution in [0.5, 0.6) is 0 Å². The van der Waals surface area contributed by atoms with Crippen molar-refractivity contribution in [2.45, 2.75) is 0 Å². The zero-order chi connectivity index (χ0) is 11.2. The molecule has 0 fully saturated rings. The Hall–Kier alpha value is -2.19. The van der Waals surface area contributed by atoms with Crippen LogP contribution in [0.25, 0.3) is 0 Å². The molecule has 2 aromatic rings. The zero-order valence-electron chi connectivity index (χ0n) is 8.16. The predicted molar refractivity (Wildman–Crippen MR) is 61.7 cm³/mol. The Morgan fingerprint density at radius 3 is 3.06 bits per heavy atom. The van der Waals surface area contributed by atoms with Crippen LogP contribution in [0.2, 0.25) is 0 Å². The topological polar surface area (TPSA) is 58.4 Å². The first-order valence-electron chi connectivity index (χ1n) is 4.44. The number of pyridine rings is 1. The summed E-state index contributed by atoms with van der Waals surface area (Å²) >= 11 is 1.39. The van der Waals surface area contributed by atoms with Gasteiger partial charge in [0.1, 0.15) is 5.69 Å². The highest BCUT2D eigenvalue weighted by atomic mass is 32.1.